The number of hydrogen-bond acceptors (Lipinski definition) is 3. The molecule has 0 unspecified atom stereocenters. The van der Waals surface area contributed by atoms with Crippen molar-refractivity contribution in [2.45, 2.75) is 13.0 Å². The van der Waals surface area contributed by atoms with Crippen molar-refractivity contribution in [2.75, 3.05) is 5.32 Å². The van der Waals surface area contributed by atoms with Crippen LogP contribution in [0, 0.1) is 0 Å². The van der Waals surface area contributed by atoms with Gasteiger partial charge in [0.05, 0.1) is 10.2 Å². The second kappa shape index (κ2) is 5.54. The fourth-order valence-electron chi connectivity index (χ4n) is 1.91. The highest BCUT2D eigenvalue weighted by atomic mass is 32.1. The molecule has 0 atom stereocenters. The lowest BCUT2D eigenvalue weighted by Crippen LogP contribution is -1.98. The van der Waals surface area contributed by atoms with Crippen LogP contribution in [-0.2, 0) is 6.54 Å². The first-order chi connectivity index (χ1) is 9.72. The minimum atomic E-state index is -2.42. The monoisotopic (exact) mass is 290 g/mol. The second-order valence-electron chi connectivity index (χ2n) is 4.38. The van der Waals surface area contributed by atoms with E-state index < -0.39 is 6.43 Å². The van der Waals surface area contributed by atoms with Crippen LogP contribution in [0.5, 0.6) is 0 Å². The fraction of sp³-hybridized carbons (Fsp3) is 0.133. The van der Waals surface area contributed by atoms with Crippen molar-refractivity contribution in [1.29, 1.82) is 0 Å². The molecule has 3 rings (SSSR count). The number of nitrogens with zero attached hydrogens (tertiary/aromatic N) is 1. The summed E-state index contributed by atoms with van der Waals surface area (Å²) in [7, 11) is 0. The van der Waals surface area contributed by atoms with Crippen molar-refractivity contribution in [3.63, 3.8) is 0 Å². The summed E-state index contributed by atoms with van der Waals surface area (Å²) in [6, 6.07) is 14.3. The highest BCUT2D eigenvalue weighted by Gasteiger charge is 2.06. The van der Waals surface area contributed by atoms with Gasteiger partial charge in [-0.05, 0) is 17.7 Å². The van der Waals surface area contributed by atoms with Gasteiger partial charge >= 0.3 is 0 Å². The number of thiazole rings is 1. The first kappa shape index (κ1) is 13.0. The quantitative estimate of drug-likeness (QED) is 0.743. The number of anilines is 1. The van der Waals surface area contributed by atoms with Crippen LogP contribution in [0.15, 0.2) is 48.5 Å². The summed E-state index contributed by atoms with van der Waals surface area (Å²) in [5.74, 6) is 0. The number of halogens is 2. The molecule has 0 aliphatic rings. The molecule has 5 heteroatoms. The Hall–Kier alpha value is -2.01. The zero-order chi connectivity index (χ0) is 13.9. The van der Waals surface area contributed by atoms with Crippen molar-refractivity contribution in [3.05, 3.63) is 59.7 Å². The van der Waals surface area contributed by atoms with Gasteiger partial charge in [0.25, 0.3) is 6.43 Å². The van der Waals surface area contributed by atoms with Crippen LogP contribution < -0.4 is 5.32 Å². The third-order valence-electron chi connectivity index (χ3n) is 2.97. The molecule has 0 radical (unpaired) electrons. The number of hydrogen-bond donors (Lipinski definition) is 1. The predicted octanol–water partition coefficient (Wildman–Crippen LogP) is 4.85. The maximum atomic E-state index is 12.4. The van der Waals surface area contributed by atoms with Gasteiger partial charge in [-0.15, -0.1) is 0 Å². The first-order valence-electron chi connectivity index (χ1n) is 6.19. The number of nitrogens with one attached hydrogen (secondary N) is 1. The summed E-state index contributed by atoms with van der Waals surface area (Å²) in [5.41, 5.74) is 1.97. The van der Waals surface area contributed by atoms with Crippen molar-refractivity contribution in [2.24, 2.45) is 0 Å². The molecule has 0 saturated heterocycles. The van der Waals surface area contributed by atoms with Gasteiger partial charge in [0.15, 0.2) is 5.13 Å². The zero-order valence-electron chi connectivity index (χ0n) is 10.5. The molecule has 0 spiro atoms. The van der Waals surface area contributed by atoms with Gasteiger partial charge in [-0.2, -0.15) is 0 Å². The lowest BCUT2D eigenvalue weighted by Gasteiger charge is -2.04. The van der Waals surface area contributed by atoms with Gasteiger partial charge in [-0.25, -0.2) is 13.8 Å². The lowest BCUT2D eigenvalue weighted by molar-refractivity contribution is 0.151. The summed E-state index contributed by atoms with van der Waals surface area (Å²) in [4.78, 5) is 4.46. The lowest BCUT2D eigenvalue weighted by atomic mass is 10.1. The smallest absolute Gasteiger partial charge is 0.263 e. The Morgan fingerprint density at radius 3 is 2.50 bits per heavy atom. The number of para-hydroxylation sites is 1. The van der Waals surface area contributed by atoms with Crippen molar-refractivity contribution in [1.82, 2.24) is 4.98 Å². The normalized spacial score (nSPS) is 11.2. The Balaban J connectivity index is 1.69. The van der Waals surface area contributed by atoms with Crippen LogP contribution in [-0.4, -0.2) is 4.98 Å². The third kappa shape index (κ3) is 2.77. The van der Waals surface area contributed by atoms with Gasteiger partial charge in [0.1, 0.15) is 0 Å². The van der Waals surface area contributed by atoms with Crippen molar-refractivity contribution in [3.8, 4) is 0 Å². The van der Waals surface area contributed by atoms with E-state index in [1.165, 1.54) is 12.1 Å². The Morgan fingerprint density at radius 1 is 1.05 bits per heavy atom. The van der Waals surface area contributed by atoms with Crippen LogP contribution in [0.1, 0.15) is 17.6 Å². The maximum Gasteiger partial charge on any atom is 0.263 e. The van der Waals surface area contributed by atoms with Crippen LogP contribution in [0.4, 0.5) is 13.9 Å². The molecule has 1 aromatic heterocycles. The molecule has 2 nitrogen and oxygen atoms in total. The van der Waals surface area contributed by atoms with E-state index in [0.717, 1.165) is 20.9 Å². The molecule has 102 valence electrons. The summed E-state index contributed by atoms with van der Waals surface area (Å²) >= 11 is 1.58. The third-order valence-corrected chi connectivity index (χ3v) is 3.96. The topological polar surface area (TPSA) is 24.9 Å². The Labute approximate surface area is 119 Å². The van der Waals surface area contributed by atoms with Crippen LogP contribution in [0.2, 0.25) is 0 Å². The number of fused-ring (bicyclic) bond motifs is 1. The van der Waals surface area contributed by atoms with Gasteiger partial charge in [0, 0.05) is 12.1 Å². The van der Waals surface area contributed by atoms with E-state index in [2.05, 4.69) is 10.3 Å². The molecule has 0 aliphatic carbocycles. The van der Waals surface area contributed by atoms with E-state index in [0.29, 0.717) is 6.54 Å². The SMILES string of the molecule is FC(F)c1ccc(CNc2nc3ccccc3s2)cc1. The molecule has 0 saturated carbocycles. The van der Waals surface area contributed by atoms with E-state index in [4.69, 9.17) is 0 Å². The van der Waals surface area contributed by atoms with E-state index in [-0.39, 0.29) is 5.56 Å². The summed E-state index contributed by atoms with van der Waals surface area (Å²) in [6.07, 6.45) is -2.42. The molecule has 1 heterocycles. The van der Waals surface area contributed by atoms with Crippen LogP contribution in [0.25, 0.3) is 10.2 Å². The van der Waals surface area contributed by atoms with Gasteiger partial charge < -0.3 is 5.32 Å². The highest BCUT2D eigenvalue weighted by molar-refractivity contribution is 7.22. The second-order valence-corrected chi connectivity index (χ2v) is 5.41. The molecule has 0 fully saturated rings. The minimum absolute atomic E-state index is 0.0498. The Morgan fingerprint density at radius 2 is 1.80 bits per heavy atom. The molecular weight excluding hydrogens is 278 g/mol. The van der Waals surface area contributed by atoms with Gasteiger partial charge in [-0.1, -0.05) is 47.7 Å². The van der Waals surface area contributed by atoms with E-state index >= 15 is 0 Å². The number of benzene rings is 2. The Kier molecular flexibility index (Phi) is 3.60. The molecule has 20 heavy (non-hydrogen) atoms. The number of rotatable bonds is 4. The Bertz CT molecular complexity index is 674. The molecule has 2 aromatic carbocycles. The predicted molar refractivity (Wildman–Crippen MR) is 78.3 cm³/mol. The van der Waals surface area contributed by atoms with Crippen LogP contribution in [0.3, 0.4) is 0 Å². The van der Waals surface area contributed by atoms with Crippen molar-refractivity contribution < 1.29 is 8.78 Å². The van der Waals surface area contributed by atoms with Crippen LogP contribution >= 0.6 is 11.3 Å². The number of alkyl halides is 2. The van der Waals surface area contributed by atoms with Crippen molar-refractivity contribution >= 4 is 26.7 Å². The molecule has 0 bridgehead atoms. The van der Waals surface area contributed by atoms with E-state index in [1.807, 2.05) is 24.3 Å². The summed E-state index contributed by atoms with van der Waals surface area (Å²) in [5, 5.41) is 4.06. The molecule has 3 aromatic rings. The summed E-state index contributed by atoms with van der Waals surface area (Å²) in [6.45, 7) is 0.573. The van der Waals surface area contributed by atoms with E-state index in [9.17, 15) is 8.78 Å². The molecule has 0 amide bonds. The fourth-order valence-corrected chi connectivity index (χ4v) is 2.77. The summed E-state index contributed by atoms with van der Waals surface area (Å²) < 4.78 is 26.0. The molecule has 0 aliphatic heterocycles. The van der Waals surface area contributed by atoms with E-state index in [1.54, 1.807) is 23.5 Å². The number of aromatic nitrogens is 1. The average Bonchev–Trinajstić information content (AvgIpc) is 2.88. The van der Waals surface area contributed by atoms with Gasteiger partial charge in [-0.3, -0.25) is 0 Å². The maximum absolute atomic E-state index is 12.4. The zero-order valence-corrected chi connectivity index (χ0v) is 11.3. The largest absolute Gasteiger partial charge is 0.357 e. The molecular formula is C15H12F2N2S. The van der Waals surface area contributed by atoms with Gasteiger partial charge in [0.2, 0.25) is 0 Å². The standard InChI is InChI=1S/C15H12F2N2S/c16-14(17)11-7-5-10(6-8-11)9-18-15-19-12-3-1-2-4-13(12)20-15/h1-8,14H,9H2,(H,18,19). The highest BCUT2D eigenvalue weighted by Crippen LogP contribution is 2.26. The molecule has 1 N–H and O–H groups in total. The average molecular weight is 290 g/mol. The first-order valence-corrected chi connectivity index (χ1v) is 7.00. The minimum Gasteiger partial charge on any atom is -0.357 e.